The average molecular weight is 508 g/mol. The maximum atomic E-state index is 13.3. The number of amides is 1. The van der Waals surface area contributed by atoms with Gasteiger partial charge in [-0.25, -0.2) is 10.4 Å². The van der Waals surface area contributed by atoms with E-state index in [9.17, 15) is 19.7 Å². The number of hydrogen-bond acceptors (Lipinski definition) is 7. The van der Waals surface area contributed by atoms with Gasteiger partial charge in [-0.1, -0.05) is 53.7 Å². The number of para-hydroxylation sites is 2. The summed E-state index contributed by atoms with van der Waals surface area (Å²) in [7, 11) is 0. The molecule has 1 amide bonds. The van der Waals surface area contributed by atoms with Gasteiger partial charge in [0.15, 0.2) is 5.16 Å². The van der Waals surface area contributed by atoms with E-state index in [4.69, 9.17) is 11.6 Å². The van der Waals surface area contributed by atoms with E-state index in [0.29, 0.717) is 27.3 Å². The lowest BCUT2D eigenvalue weighted by Crippen LogP contribution is -2.24. The van der Waals surface area contributed by atoms with Gasteiger partial charge >= 0.3 is 0 Å². The molecule has 0 bridgehead atoms. The molecule has 0 aliphatic rings. The van der Waals surface area contributed by atoms with Gasteiger partial charge in [-0.05, 0) is 36.8 Å². The van der Waals surface area contributed by atoms with Crippen LogP contribution in [-0.4, -0.2) is 32.3 Å². The van der Waals surface area contributed by atoms with E-state index in [-0.39, 0.29) is 22.0 Å². The fraction of sp³-hybridized carbons (Fsp3) is 0.0833. The number of thioether (sulfide) groups is 1. The van der Waals surface area contributed by atoms with Crippen LogP contribution in [0.25, 0.3) is 16.6 Å². The first-order valence-electron chi connectivity index (χ1n) is 10.3. The summed E-state index contributed by atoms with van der Waals surface area (Å²) < 4.78 is 1.50. The molecular formula is C24H18ClN5O4S. The maximum absolute atomic E-state index is 13.3. The molecule has 0 atom stereocenters. The number of benzene rings is 3. The molecule has 0 saturated carbocycles. The second-order valence-electron chi connectivity index (χ2n) is 7.38. The molecule has 3 aromatic carbocycles. The highest BCUT2D eigenvalue weighted by molar-refractivity contribution is 7.99. The van der Waals surface area contributed by atoms with Gasteiger partial charge in [0.25, 0.3) is 17.2 Å². The highest BCUT2D eigenvalue weighted by Crippen LogP contribution is 2.23. The fourth-order valence-electron chi connectivity index (χ4n) is 3.32. The molecule has 11 heteroatoms. The van der Waals surface area contributed by atoms with Crippen LogP contribution >= 0.6 is 23.4 Å². The lowest BCUT2D eigenvalue weighted by molar-refractivity contribution is -0.384. The number of nitrogens with one attached hydrogen (secondary N) is 1. The maximum Gasteiger partial charge on any atom is 0.270 e. The van der Waals surface area contributed by atoms with Gasteiger partial charge in [0.2, 0.25) is 0 Å². The second-order valence-corrected chi connectivity index (χ2v) is 8.73. The third kappa shape index (κ3) is 5.39. The number of halogens is 1. The monoisotopic (exact) mass is 507 g/mol. The van der Waals surface area contributed by atoms with Gasteiger partial charge in [0.1, 0.15) is 0 Å². The van der Waals surface area contributed by atoms with Crippen LogP contribution in [0.3, 0.4) is 0 Å². The molecule has 35 heavy (non-hydrogen) atoms. The Morgan fingerprint density at radius 3 is 2.71 bits per heavy atom. The minimum absolute atomic E-state index is 0.0727. The molecule has 4 aromatic rings. The van der Waals surface area contributed by atoms with Crippen molar-refractivity contribution < 1.29 is 9.72 Å². The van der Waals surface area contributed by atoms with Gasteiger partial charge in [-0.2, -0.15) is 5.10 Å². The van der Waals surface area contributed by atoms with Crippen molar-refractivity contribution in [2.75, 3.05) is 5.75 Å². The summed E-state index contributed by atoms with van der Waals surface area (Å²) in [5, 5.41) is 15.9. The fourth-order valence-corrected chi connectivity index (χ4v) is 4.28. The van der Waals surface area contributed by atoms with Crippen molar-refractivity contribution in [3.63, 3.8) is 0 Å². The van der Waals surface area contributed by atoms with E-state index < -0.39 is 10.8 Å². The Hall–Kier alpha value is -4.02. The van der Waals surface area contributed by atoms with Crippen molar-refractivity contribution in [3.8, 4) is 5.69 Å². The summed E-state index contributed by atoms with van der Waals surface area (Å²) in [5.41, 5.74) is 4.38. The van der Waals surface area contributed by atoms with Crippen LogP contribution in [0.2, 0.25) is 5.02 Å². The first-order chi connectivity index (χ1) is 16.8. The van der Waals surface area contributed by atoms with Crippen LogP contribution in [0, 0.1) is 17.0 Å². The normalized spacial score (nSPS) is 11.1. The quantitative estimate of drug-likeness (QED) is 0.129. The molecule has 1 aromatic heterocycles. The third-order valence-electron chi connectivity index (χ3n) is 5.02. The lowest BCUT2D eigenvalue weighted by Gasteiger charge is -2.14. The zero-order valence-electron chi connectivity index (χ0n) is 18.3. The Morgan fingerprint density at radius 2 is 1.94 bits per heavy atom. The molecule has 1 N–H and O–H groups in total. The Labute approximate surface area is 208 Å². The van der Waals surface area contributed by atoms with E-state index in [2.05, 4.69) is 15.5 Å². The van der Waals surface area contributed by atoms with Crippen LogP contribution in [0.15, 0.2) is 81.8 Å². The molecule has 0 saturated heterocycles. The largest absolute Gasteiger partial charge is 0.272 e. The topological polar surface area (TPSA) is 119 Å². The Morgan fingerprint density at radius 1 is 1.20 bits per heavy atom. The summed E-state index contributed by atoms with van der Waals surface area (Å²) in [6, 6.07) is 18.4. The predicted octanol–water partition coefficient (Wildman–Crippen LogP) is 4.50. The molecule has 0 radical (unpaired) electrons. The number of non-ortho nitro benzene ring substituents is 1. The van der Waals surface area contributed by atoms with Crippen molar-refractivity contribution in [1.82, 2.24) is 15.0 Å². The first kappa shape index (κ1) is 24.1. The summed E-state index contributed by atoms with van der Waals surface area (Å²) in [5.74, 6) is -0.525. The highest BCUT2D eigenvalue weighted by atomic mass is 35.5. The zero-order valence-corrected chi connectivity index (χ0v) is 19.9. The third-order valence-corrected chi connectivity index (χ3v) is 6.30. The number of rotatable bonds is 7. The number of carbonyl (C=O) groups excluding carboxylic acids is 1. The first-order valence-corrected chi connectivity index (χ1v) is 11.7. The molecule has 0 aliphatic carbocycles. The van der Waals surface area contributed by atoms with Crippen LogP contribution < -0.4 is 11.0 Å². The molecule has 0 spiro atoms. The number of nitro benzene ring substituents is 1. The van der Waals surface area contributed by atoms with Gasteiger partial charge in [0.05, 0.1) is 33.5 Å². The number of aromatic nitrogens is 2. The van der Waals surface area contributed by atoms with E-state index in [0.717, 1.165) is 17.3 Å². The summed E-state index contributed by atoms with van der Waals surface area (Å²) >= 11 is 7.13. The minimum Gasteiger partial charge on any atom is -0.272 e. The number of hydrazone groups is 1. The van der Waals surface area contributed by atoms with Crippen LogP contribution in [0.4, 0.5) is 5.69 Å². The Kier molecular flexibility index (Phi) is 7.23. The minimum atomic E-state index is -0.548. The van der Waals surface area contributed by atoms with E-state index in [1.807, 2.05) is 31.2 Å². The van der Waals surface area contributed by atoms with Crippen LogP contribution in [0.5, 0.6) is 0 Å². The van der Waals surface area contributed by atoms with Crippen molar-refractivity contribution in [2.45, 2.75) is 12.1 Å². The van der Waals surface area contributed by atoms with Gasteiger partial charge in [-0.3, -0.25) is 24.3 Å². The predicted molar refractivity (Wildman–Crippen MR) is 137 cm³/mol. The summed E-state index contributed by atoms with van der Waals surface area (Å²) in [6.07, 6.45) is 1.23. The summed E-state index contributed by atoms with van der Waals surface area (Å²) in [4.78, 5) is 40.7. The molecule has 176 valence electrons. The van der Waals surface area contributed by atoms with Gasteiger partial charge in [-0.15, -0.1) is 0 Å². The number of fused-ring (bicyclic) bond motifs is 1. The number of nitrogens with zero attached hydrogens (tertiary/aromatic N) is 4. The second kappa shape index (κ2) is 10.5. The molecule has 4 rings (SSSR count). The van der Waals surface area contributed by atoms with Crippen molar-refractivity contribution in [3.05, 3.63) is 103 Å². The SMILES string of the molecule is Cc1ccccc1-n1c(SCC(=O)NN=Cc2cc([N+](=O)[O-])ccc2Cl)nc2ccccc2c1=O. The van der Waals surface area contributed by atoms with Crippen molar-refractivity contribution in [1.29, 1.82) is 0 Å². The Balaban J connectivity index is 1.56. The number of aryl methyl sites for hydroxylation is 1. The van der Waals surface area contributed by atoms with E-state index in [1.165, 1.54) is 29.0 Å². The van der Waals surface area contributed by atoms with Gasteiger partial charge < -0.3 is 0 Å². The standard InChI is InChI=1S/C24H18ClN5O4S/c1-15-6-2-5-9-21(15)29-23(32)18-7-3-4-8-20(18)27-24(29)35-14-22(31)28-26-13-16-12-17(30(33)34)10-11-19(16)25/h2-13H,14H2,1H3,(H,28,31). The van der Waals surface area contributed by atoms with Crippen LogP contribution in [0.1, 0.15) is 11.1 Å². The molecule has 1 heterocycles. The van der Waals surface area contributed by atoms with Gasteiger partial charge in [0, 0.05) is 22.7 Å². The molecule has 0 fully saturated rings. The average Bonchev–Trinajstić information content (AvgIpc) is 2.84. The van der Waals surface area contributed by atoms with Crippen molar-refractivity contribution in [2.24, 2.45) is 5.10 Å². The zero-order chi connectivity index (χ0) is 24.9. The number of nitro groups is 1. The lowest BCUT2D eigenvalue weighted by atomic mass is 10.2. The van der Waals surface area contributed by atoms with Crippen molar-refractivity contribution >= 4 is 52.1 Å². The Bertz CT molecular complexity index is 1540. The summed E-state index contributed by atoms with van der Waals surface area (Å²) in [6.45, 7) is 1.89. The smallest absolute Gasteiger partial charge is 0.270 e. The molecular weight excluding hydrogens is 490 g/mol. The van der Waals surface area contributed by atoms with E-state index in [1.54, 1.807) is 24.3 Å². The number of hydrogen-bond donors (Lipinski definition) is 1. The molecule has 0 unspecified atom stereocenters. The molecule has 9 nitrogen and oxygen atoms in total. The molecule has 0 aliphatic heterocycles. The number of carbonyl (C=O) groups is 1. The van der Waals surface area contributed by atoms with E-state index >= 15 is 0 Å². The van der Waals surface area contributed by atoms with Crippen LogP contribution in [-0.2, 0) is 4.79 Å². The highest BCUT2D eigenvalue weighted by Gasteiger charge is 2.16.